The lowest BCUT2D eigenvalue weighted by Crippen LogP contribution is -1.69. The molecule has 2 heteroatoms. The molecule has 0 aliphatic rings. The van der Waals surface area contributed by atoms with Crippen LogP contribution in [0.25, 0.3) is 0 Å². The summed E-state index contributed by atoms with van der Waals surface area (Å²) in [6, 6.07) is 0. The van der Waals surface area contributed by atoms with Gasteiger partial charge in [0, 0.05) is 0 Å². The van der Waals surface area contributed by atoms with E-state index >= 15 is 0 Å². The van der Waals surface area contributed by atoms with Crippen molar-refractivity contribution in [2.24, 2.45) is 5.73 Å². The maximum absolute atomic E-state index is 6.08. The largest absolute Gasteiger partial charge is 0.333 e. The molecule has 2 nitrogen and oxygen atoms in total. The minimum atomic E-state index is 1.25. The third kappa shape index (κ3) is 694. The van der Waals surface area contributed by atoms with Crippen molar-refractivity contribution in [2.75, 3.05) is 7.05 Å². The first kappa shape index (κ1) is 29.3. The Hall–Kier alpha value is -0.370. The quantitative estimate of drug-likeness (QED) is 0.641. The Morgan fingerprint density at radius 1 is 0.800 bits per heavy atom. The average Bonchev–Trinajstić information content (AvgIpc) is 2.35. The van der Waals surface area contributed by atoms with E-state index in [1.807, 2.05) is 13.8 Å². The summed E-state index contributed by atoms with van der Waals surface area (Å²) in [4.78, 5) is 0. The molecule has 0 rings (SSSR count). The van der Waals surface area contributed by atoms with Crippen molar-refractivity contribution in [1.29, 1.82) is 5.41 Å². The monoisotopic (exact) mass is 220 g/mol. The summed E-state index contributed by atoms with van der Waals surface area (Å²) in [5.74, 6) is 0. The predicted octanol–water partition coefficient (Wildman–Crippen LogP) is 4.87. The van der Waals surface area contributed by atoms with Crippen molar-refractivity contribution in [3.05, 3.63) is 0 Å². The van der Waals surface area contributed by atoms with E-state index < -0.39 is 0 Å². The van der Waals surface area contributed by atoms with Crippen molar-refractivity contribution in [1.82, 2.24) is 0 Å². The second kappa shape index (κ2) is 101. The molecule has 0 fully saturated rings. The highest BCUT2D eigenvalue weighted by Crippen LogP contribution is 1.77. The number of nitrogens with two attached hydrogens (primary N) is 1. The molecule has 0 saturated heterocycles. The van der Waals surface area contributed by atoms with Gasteiger partial charge in [-0.05, 0) is 20.2 Å². The third-order valence-electron chi connectivity index (χ3n) is 1.000. The lowest BCUT2D eigenvalue weighted by Gasteiger charge is -1.68. The predicted molar refractivity (Wildman–Crippen MR) is 77.1 cm³/mol. The number of unbranched alkanes of at least 4 members (excludes halogenated alkanes) is 2. The zero-order chi connectivity index (χ0) is 13.5. The van der Waals surface area contributed by atoms with Gasteiger partial charge in [0.1, 0.15) is 0 Å². The molecule has 0 aliphatic heterocycles. The molecule has 0 unspecified atom stereocenters. The van der Waals surface area contributed by atoms with Crippen molar-refractivity contribution in [3.8, 4) is 0 Å². The van der Waals surface area contributed by atoms with Crippen LogP contribution in [0.1, 0.15) is 74.1 Å². The highest BCUT2D eigenvalue weighted by atomic mass is 14.4. The van der Waals surface area contributed by atoms with E-state index in [0.717, 1.165) is 0 Å². The van der Waals surface area contributed by atoms with E-state index in [1.54, 1.807) is 6.92 Å². The summed E-state index contributed by atoms with van der Waals surface area (Å²) in [5.41, 5.74) is 4.50. The van der Waals surface area contributed by atoms with Gasteiger partial charge in [-0.1, -0.05) is 67.2 Å². The molecule has 0 bridgehead atoms. The van der Waals surface area contributed by atoms with Crippen molar-refractivity contribution >= 4 is 6.21 Å². The first-order valence-electron chi connectivity index (χ1n) is 6.27. The molecule has 0 spiro atoms. The minimum Gasteiger partial charge on any atom is -0.333 e. The van der Waals surface area contributed by atoms with Gasteiger partial charge < -0.3 is 11.1 Å². The van der Waals surface area contributed by atoms with Gasteiger partial charge in [0.15, 0.2) is 0 Å². The van der Waals surface area contributed by atoms with Gasteiger partial charge in [0.25, 0.3) is 0 Å². The highest BCUT2D eigenvalue weighted by Gasteiger charge is 1.56. The van der Waals surface area contributed by atoms with Gasteiger partial charge >= 0.3 is 0 Å². The zero-order valence-electron chi connectivity index (χ0n) is 12.5. The fourth-order valence-corrected chi connectivity index (χ4v) is 0. The molecule has 0 saturated carbocycles. The van der Waals surface area contributed by atoms with Crippen LogP contribution in [0.5, 0.6) is 0 Å². The molecule has 0 aliphatic carbocycles. The zero-order valence-corrected chi connectivity index (χ0v) is 12.5. The Bertz CT molecular complexity index is 37.8. The Balaban J connectivity index is -0.0000000289. The van der Waals surface area contributed by atoms with Crippen molar-refractivity contribution < 1.29 is 0 Å². The second-order valence-electron chi connectivity index (χ2n) is 2.29. The first-order chi connectivity index (χ1) is 7.24. The van der Waals surface area contributed by atoms with Crippen LogP contribution in [0.15, 0.2) is 0 Å². The van der Waals surface area contributed by atoms with Crippen LogP contribution in [0.4, 0.5) is 0 Å². The summed E-state index contributed by atoms with van der Waals surface area (Å²) >= 11 is 0. The fraction of sp³-hybridized carbons (Fsp3) is 0.923. The molecule has 98 valence electrons. The van der Waals surface area contributed by atoms with E-state index in [9.17, 15) is 0 Å². The van der Waals surface area contributed by atoms with E-state index in [-0.39, 0.29) is 0 Å². The number of rotatable bonds is 2. The van der Waals surface area contributed by atoms with Crippen LogP contribution in [0.3, 0.4) is 0 Å². The molecule has 0 heterocycles. The SMILES string of the molecule is CC.CC=N.CCCC.CCCC.CN. The van der Waals surface area contributed by atoms with Crippen LogP contribution in [0, 0.1) is 5.41 Å². The molecule has 0 atom stereocenters. The Morgan fingerprint density at radius 3 is 0.867 bits per heavy atom. The lowest BCUT2D eigenvalue weighted by atomic mass is 10.4. The van der Waals surface area contributed by atoms with Crippen LogP contribution >= 0.6 is 0 Å². The van der Waals surface area contributed by atoms with Crippen LogP contribution in [-0.4, -0.2) is 13.3 Å². The highest BCUT2D eigenvalue weighted by molar-refractivity contribution is 5.48. The smallest absolute Gasteiger partial charge is 0.00788 e. The van der Waals surface area contributed by atoms with Crippen LogP contribution in [-0.2, 0) is 0 Å². The lowest BCUT2D eigenvalue weighted by molar-refractivity contribution is 0.886. The summed E-state index contributed by atoms with van der Waals surface area (Å²) in [7, 11) is 1.50. The van der Waals surface area contributed by atoms with Gasteiger partial charge in [-0.15, -0.1) is 0 Å². The van der Waals surface area contributed by atoms with Gasteiger partial charge in [-0.25, -0.2) is 0 Å². The maximum Gasteiger partial charge on any atom is -0.00788 e. The molecule has 0 aromatic rings. The number of hydrogen-bond acceptors (Lipinski definition) is 2. The molecular weight excluding hydrogens is 184 g/mol. The van der Waals surface area contributed by atoms with Crippen LogP contribution in [0.2, 0.25) is 0 Å². The van der Waals surface area contributed by atoms with Crippen molar-refractivity contribution in [3.63, 3.8) is 0 Å². The minimum absolute atomic E-state index is 1.25. The third-order valence-corrected chi connectivity index (χ3v) is 1.000. The molecule has 0 aromatic carbocycles. The average molecular weight is 220 g/mol. The summed E-state index contributed by atoms with van der Waals surface area (Å²) in [6.07, 6.45) is 6.53. The fourth-order valence-electron chi connectivity index (χ4n) is 0. The van der Waals surface area contributed by atoms with Gasteiger partial charge in [-0.2, -0.15) is 0 Å². The first-order valence-corrected chi connectivity index (χ1v) is 6.27. The summed E-state index contributed by atoms with van der Waals surface area (Å²) in [5, 5.41) is 6.08. The molecule has 0 radical (unpaired) electrons. The van der Waals surface area contributed by atoms with Gasteiger partial charge in [0.05, 0.1) is 0 Å². The van der Waals surface area contributed by atoms with Gasteiger partial charge in [0.2, 0.25) is 0 Å². The van der Waals surface area contributed by atoms with Gasteiger partial charge in [-0.3, -0.25) is 0 Å². The Morgan fingerprint density at radius 2 is 0.867 bits per heavy atom. The van der Waals surface area contributed by atoms with E-state index in [2.05, 4.69) is 33.4 Å². The second-order valence-corrected chi connectivity index (χ2v) is 2.29. The van der Waals surface area contributed by atoms with Crippen molar-refractivity contribution in [2.45, 2.75) is 74.1 Å². The van der Waals surface area contributed by atoms with E-state index in [4.69, 9.17) is 5.41 Å². The molecule has 0 aromatic heterocycles. The number of nitrogens with one attached hydrogen (secondary N) is 1. The molecule has 15 heavy (non-hydrogen) atoms. The molecule has 0 amide bonds. The maximum atomic E-state index is 6.08. The summed E-state index contributed by atoms with van der Waals surface area (Å²) in [6.45, 7) is 14.4. The molecule has 3 N–H and O–H groups in total. The Labute approximate surface area is 99.2 Å². The normalized spacial score (nSPS) is 5.67. The molecular formula is C13H36N2. The van der Waals surface area contributed by atoms with E-state index in [1.165, 1.54) is 38.9 Å². The number of hydrogen-bond donors (Lipinski definition) is 2. The standard InChI is InChI=1S/2C4H10.C2H5N.C2H6.CH5N/c2*1-3-4-2;1-2-3;2*1-2/h2*3-4H2,1-2H3;2-3H,1H3;1-2H3;2H2,1H3. The topological polar surface area (TPSA) is 49.9 Å². The van der Waals surface area contributed by atoms with Crippen LogP contribution < -0.4 is 5.73 Å². The van der Waals surface area contributed by atoms with E-state index in [0.29, 0.717) is 0 Å². The Kier molecular flexibility index (Phi) is 198. The summed E-state index contributed by atoms with van der Waals surface area (Å²) < 4.78 is 0.